The van der Waals surface area contributed by atoms with Crippen molar-refractivity contribution in [3.05, 3.63) is 65.5 Å². The Balaban J connectivity index is 1.27. The van der Waals surface area contributed by atoms with E-state index in [1.807, 2.05) is 12.1 Å². The van der Waals surface area contributed by atoms with Crippen LogP contribution in [0.1, 0.15) is 61.4 Å². The first-order valence-corrected chi connectivity index (χ1v) is 11.7. The number of nitrogens with one attached hydrogen (secondary N) is 2. The number of anilines is 1. The normalized spacial score (nSPS) is 23.6. The van der Waals surface area contributed by atoms with Gasteiger partial charge in [0, 0.05) is 23.8 Å². The van der Waals surface area contributed by atoms with Crippen LogP contribution in [0.2, 0.25) is 0 Å². The molecule has 1 heterocycles. The zero-order chi connectivity index (χ0) is 22.5. The fourth-order valence-electron chi connectivity index (χ4n) is 5.15. The molecule has 0 aromatic heterocycles. The standard InChI is InChI=1S/C26H32FN3O2/c1-18(31)21-4-2-5-23(17-21)28-26(32)29-25-6-3-15-30(25)24-13-9-20(10-14-24)16-19-7-11-22(27)12-8-19/h2,4-5,7-8,11-12,17,20,24-25H,3,6,9-10,13-16H2,1H3,(H2,28,29,32)/t20-,24-,25?. The summed E-state index contributed by atoms with van der Waals surface area (Å²) in [6.07, 6.45) is 7.68. The number of nitrogens with zero attached hydrogens (tertiary/aromatic N) is 1. The van der Waals surface area contributed by atoms with Crippen LogP contribution in [0.3, 0.4) is 0 Å². The molecule has 1 saturated heterocycles. The molecule has 1 aliphatic heterocycles. The number of ketones is 1. The van der Waals surface area contributed by atoms with E-state index in [0.29, 0.717) is 23.2 Å². The molecule has 6 heteroatoms. The zero-order valence-electron chi connectivity index (χ0n) is 18.6. The van der Waals surface area contributed by atoms with Crippen molar-refractivity contribution in [1.29, 1.82) is 0 Å². The molecule has 5 nitrogen and oxygen atoms in total. The van der Waals surface area contributed by atoms with Gasteiger partial charge >= 0.3 is 6.03 Å². The lowest BCUT2D eigenvalue weighted by Gasteiger charge is -2.38. The monoisotopic (exact) mass is 437 g/mol. The molecular weight excluding hydrogens is 405 g/mol. The van der Waals surface area contributed by atoms with Gasteiger partial charge in [0.1, 0.15) is 5.82 Å². The van der Waals surface area contributed by atoms with Gasteiger partial charge in [-0.25, -0.2) is 9.18 Å². The first-order valence-electron chi connectivity index (χ1n) is 11.7. The third-order valence-electron chi connectivity index (χ3n) is 6.84. The van der Waals surface area contributed by atoms with E-state index in [4.69, 9.17) is 0 Å². The number of halogens is 1. The average Bonchev–Trinajstić information content (AvgIpc) is 3.24. The van der Waals surface area contributed by atoms with Crippen LogP contribution in [-0.4, -0.2) is 35.5 Å². The molecular formula is C26H32FN3O2. The Morgan fingerprint density at radius 3 is 2.50 bits per heavy atom. The summed E-state index contributed by atoms with van der Waals surface area (Å²) in [5, 5.41) is 6.01. The lowest BCUT2D eigenvalue weighted by molar-refractivity contribution is 0.101. The number of hydrogen-bond donors (Lipinski definition) is 2. The summed E-state index contributed by atoms with van der Waals surface area (Å²) in [6, 6.07) is 14.2. The maximum Gasteiger partial charge on any atom is 0.320 e. The largest absolute Gasteiger partial charge is 0.322 e. The smallest absolute Gasteiger partial charge is 0.320 e. The molecule has 2 amide bonds. The van der Waals surface area contributed by atoms with Crippen LogP contribution >= 0.6 is 0 Å². The lowest BCUT2D eigenvalue weighted by atomic mass is 9.82. The second kappa shape index (κ2) is 10.3. The van der Waals surface area contributed by atoms with Gasteiger partial charge in [-0.05, 0) is 87.6 Å². The molecule has 4 rings (SSSR count). The topological polar surface area (TPSA) is 61.4 Å². The summed E-state index contributed by atoms with van der Waals surface area (Å²) in [4.78, 5) is 26.6. The van der Waals surface area contributed by atoms with Crippen molar-refractivity contribution in [3.8, 4) is 0 Å². The molecule has 2 aliphatic rings. The van der Waals surface area contributed by atoms with E-state index in [0.717, 1.165) is 51.5 Å². The van der Waals surface area contributed by atoms with Crippen LogP contribution in [0, 0.1) is 11.7 Å². The maximum absolute atomic E-state index is 13.1. The van der Waals surface area contributed by atoms with Gasteiger partial charge < -0.3 is 10.6 Å². The summed E-state index contributed by atoms with van der Waals surface area (Å²) < 4.78 is 13.1. The Bertz CT molecular complexity index is 938. The molecule has 1 unspecified atom stereocenters. The molecule has 2 aromatic rings. The highest BCUT2D eigenvalue weighted by Gasteiger charge is 2.34. The van der Waals surface area contributed by atoms with Gasteiger partial charge in [-0.2, -0.15) is 0 Å². The Morgan fingerprint density at radius 2 is 1.78 bits per heavy atom. The van der Waals surface area contributed by atoms with Gasteiger partial charge in [0.25, 0.3) is 0 Å². The van der Waals surface area contributed by atoms with Crippen molar-refractivity contribution in [2.45, 2.75) is 64.1 Å². The van der Waals surface area contributed by atoms with Crippen LogP contribution in [-0.2, 0) is 6.42 Å². The predicted octanol–water partition coefficient (Wildman–Crippen LogP) is 5.37. The highest BCUT2D eigenvalue weighted by molar-refractivity contribution is 5.96. The van der Waals surface area contributed by atoms with E-state index in [-0.39, 0.29) is 23.8 Å². The van der Waals surface area contributed by atoms with Crippen molar-refractivity contribution < 1.29 is 14.0 Å². The summed E-state index contributed by atoms with van der Waals surface area (Å²) >= 11 is 0. The highest BCUT2D eigenvalue weighted by Crippen LogP contribution is 2.33. The Labute approximate surface area is 189 Å². The number of amides is 2. The molecule has 32 heavy (non-hydrogen) atoms. The summed E-state index contributed by atoms with van der Waals surface area (Å²) in [5.41, 5.74) is 2.42. The number of likely N-dealkylation sites (tertiary alicyclic amines) is 1. The summed E-state index contributed by atoms with van der Waals surface area (Å²) in [5.74, 6) is 0.439. The van der Waals surface area contributed by atoms with Gasteiger partial charge in [0.2, 0.25) is 0 Å². The molecule has 170 valence electrons. The molecule has 2 fully saturated rings. The van der Waals surface area contributed by atoms with Crippen molar-refractivity contribution >= 4 is 17.5 Å². The second-order valence-corrected chi connectivity index (χ2v) is 9.14. The van der Waals surface area contributed by atoms with E-state index in [1.165, 1.54) is 12.5 Å². The molecule has 1 saturated carbocycles. The first kappa shape index (κ1) is 22.5. The summed E-state index contributed by atoms with van der Waals surface area (Å²) in [7, 11) is 0. The van der Waals surface area contributed by atoms with Crippen LogP contribution in [0.5, 0.6) is 0 Å². The minimum absolute atomic E-state index is 0.0222. The molecule has 2 N–H and O–H groups in total. The maximum atomic E-state index is 13.1. The van der Waals surface area contributed by atoms with Crippen molar-refractivity contribution in [2.75, 3.05) is 11.9 Å². The number of hydrogen-bond acceptors (Lipinski definition) is 3. The minimum Gasteiger partial charge on any atom is -0.322 e. The van der Waals surface area contributed by atoms with Gasteiger partial charge in [0.15, 0.2) is 5.78 Å². The van der Waals surface area contributed by atoms with E-state index in [9.17, 15) is 14.0 Å². The Morgan fingerprint density at radius 1 is 1.03 bits per heavy atom. The molecule has 2 aromatic carbocycles. The fraction of sp³-hybridized carbons (Fsp3) is 0.462. The van der Waals surface area contributed by atoms with E-state index >= 15 is 0 Å². The van der Waals surface area contributed by atoms with Crippen LogP contribution in [0.15, 0.2) is 48.5 Å². The number of carbonyl (C=O) groups excluding carboxylic acids is 2. The van der Waals surface area contributed by atoms with Crippen molar-refractivity contribution in [2.24, 2.45) is 5.92 Å². The summed E-state index contributed by atoms with van der Waals surface area (Å²) in [6.45, 7) is 2.53. The molecule has 1 atom stereocenters. The number of Topliss-reactive ketones (excluding diaryl/α,β-unsaturated/α-hetero) is 1. The molecule has 0 bridgehead atoms. The van der Waals surface area contributed by atoms with Gasteiger partial charge in [-0.1, -0.05) is 24.3 Å². The number of urea groups is 1. The molecule has 0 spiro atoms. The van der Waals surface area contributed by atoms with Crippen molar-refractivity contribution in [3.63, 3.8) is 0 Å². The fourth-order valence-corrected chi connectivity index (χ4v) is 5.15. The quantitative estimate of drug-likeness (QED) is 0.597. The van der Waals surface area contributed by atoms with Crippen LogP contribution < -0.4 is 10.6 Å². The Kier molecular flexibility index (Phi) is 7.20. The number of carbonyl (C=O) groups is 2. The van der Waals surface area contributed by atoms with Gasteiger partial charge in [0.05, 0.1) is 6.17 Å². The third kappa shape index (κ3) is 5.74. The van der Waals surface area contributed by atoms with Crippen LogP contribution in [0.4, 0.5) is 14.9 Å². The highest BCUT2D eigenvalue weighted by atomic mass is 19.1. The van der Waals surface area contributed by atoms with Gasteiger partial charge in [-0.15, -0.1) is 0 Å². The predicted molar refractivity (Wildman–Crippen MR) is 124 cm³/mol. The molecule has 1 aliphatic carbocycles. The number of benzene rings is 2. The SMILES string of the molecule is CC(=O)c1cccc(NC(=O)NC2CCCN2[C@H]2CC[C@H](Cc3ccc(F)cc3)CC2)c1. The lowest BCUT2D eigenvalue weighted by Crippen LogP contribution is -2.50. The van der Waals surface area contributed by atoms with E-state index in [2.05, 4.69) is 15.5 Å². The minimum atomic E-state index is -0.229. The second-order valence-electron chi connectivity index (χ2n) is 9.14. The average molecular weight is 438 g/mol. The molecule has 0 radical (unpaired) electrons. The van der Waals surface area contributed by atoms with E-state index < -0.39 is 0 Å². The first-order chi connectivity index (χ1) is 15.5. The van der Waals surface area contributed by atoms with E-state index in [1.54, 1.807) is 36.4 Å². The number of rotatable bonds is 6. The Hall–Kier alpha value is -2.73. The van der Waals surface area contributed by atoms with Crippen LogP contribution in [0.25, 0.3) is 0 Å². The third-order valence-corrected chi connectivity index (χ3v) is 6.84. The van der Waals surface area contributed by atoms with Gasteiger partial charge in [-0.3, -0.25) is 9.69 Å². The van der Waals surface area contributed by atoms with Crippen molar-refractivity contribution in [1.82, 2.24) is 10.2 Å². The zero-order valence-corrected chi connectivity index (χ0v) is 18.6.